The highest BCUT2D eigenvalue weighted by Gasteiger charge is 2.32. The third-order valence-corrected chi connectivity index (χ3v) is 7.62. The van der Waals surface area contributed by atoms with Gasteiger partial charge in [0.2, 0.25) is 5.91 Å². The summed E-state index contributed by atoms with van der Waals surface area (Å²) in [4.78, 5) is 34.4. The van der Waals surface area contributed by atoms with E-state index in [0.29, 0.717) is 11.9 Å². The monoisotopic (exact) mass is 389 g/mol. The zero-order valence-corrected chi connectivity index (χ0v) is 17.4. The molecule has 5 nitrogen and oxygen atoms in total. The van der Waals surface area contributed by atoms with E-state index in [1.165, 1.54) is 10.4 Å². The number of piperazine rings is 1. The van der Waals surface area contributed by atoms with Crippen LogP contribution in [0, 0.1) is 5.92 Å². The molecule has 0 spiro atoms. The fourth-order valence-electron chi connectivity index (χ4n) is 4.63. The van der Waals surface area contributed by atoms with Crippen molar-refractivity contribution in [3.8, 4) is 0 Å². The van der Waals surface area contributed by atoms with Crippen LogP contribution in [0.4, 0.5) is 0 Å². The molecule has 2 saturated heterocycles. The van der Waals surface area contributed by atoms with E-state index >= 15 is 0 Å². The van der Waals surface area contributed by atoms with Gasteiger partial charge < -0.3 is 9.80 Å². The minimum absolute atomic E-state index is 0.0902. The summed E-state index contributed by atoms with van der Waals surface area (Å²) in [5.41, 5.74) is 1.24. The molecule has 27 heavy (non-hydrogen) atoms. The number of thiophene rings is 1. The molecule has 1 aromatic heterocycles. The zero-order chi connectivity index (χ0) is 19.0. The van der Waals surface area contributed by atoms with E-state index in [0.717, 1.165) is 76.2 Å². The summed E-state index contributed by atoms with van der Waals surface area (Å²) < 4.78 is 0. The molecule has 4 rings (SSSR count). The van der Waals surface area contributed by atoms with Crippen LogP contribution < -0.4 is 0 Å². The molecule has 148 valence electrons. The van der Waals surface area contributed by atoms with Crippen molar-refractivity contribution in [1.82, 2.24) is 14.7 Å². The molecule has 0 aromatic carbocycles. The van der Waals surface area contributed by atoms with Gasteiger partial charge in [0, 0.05) is 56.1 Å². The van der Waals surface area contributed by atoms with Gasteiger partial charge >= 0.3 is 0 Å². The molecule has 0 N–H and O–H groups in total. The molecule has 6 heteroatoms. The van der Waals surface area contributed by atoms with Crippen LogP contribution in [0.3, 0.4) is 0 Å². The van der Waals surface area contributed by atoms with Crippen molar-refractivity contribution in [2.24, 2.45) is 5.92 Å². The topological polar surface area (TPSA) is 43.9 Å². The van der Waals surface area contributed by atoms with Crippen molar-refractivity contribution in [2.75, 3.05) is 39.3 Å². The second kappa shape index (κ2) is 7.92. The Balaban J connectivity index is 1.38. The largest absolute Gasteiger partial charge is 0.340 e. The Morgan fingerprint density at radius 3 is 2.41 bits per heavy atom. The van der Waals surface area contributed by atoms with Crippen molar-refractivity contribution in [2.45, 2.75) is 52.0 Å². The number of carbonyl (C=O) groups excluding carboxylic acids is 2. The van der Waals surface area contributed by atoms with Gasteiger partial charge in [0.15, 0.2) is 0 Å². The Bertz CT molecular complexity index is 700. The molecule has 2 aliphatic heterocycles. The molecule has 1 atom stereocenters. The minimum atomic E-state index is 0.0902. The lowest BCUT2D eigenvalue weighted by molar-refractivity contribution is -0.137. The predicted molar refractivity (Wildman–Crippen MR) is 108 cm³/mol. The van der Waals surface area contributed by atoms with Crippen LogP contribution >= 0.6 is 11.3 Å². The SMILES string of the molecule is CC(C)N1CCN(C(=O)C2CCc3sc(C(=O)N4CCCC4)cc3C2)CC1. The van der Waals surface area contributed by atoms with Crippen molar-refractivity contribution < 1.29 is 9.59 Å². The third-order valence-electron chi connectivity index (χ3n) is 6.39. The van der Waals surface area contributed by atoms with Crippen LogP contribution in [-0.2, 0) is 17.6 Å². The molecule has 3 heterocycles. The molecule has 3 aliphatic rings. The number of hydrogen-bond acceptors (Lipinski definition) is 4. The highest BCUT2D eigenvalue weighted by Crippen LogP contribution is 2.34. The van der Waals surface area contributed by atoms with Crippen molar-refractivity contribution in [1.29, 1.82) is 0 Å². The molecule has 0 bridgehead atoms. The first-order valence-corrected chi connectivity index (χ1v) is 11.3. The van der Waals surface area contributed by atoms with Crippen LogP contribution in [0.5, 0.6) is 0 Å². The fraction of sp³-hybridized carbons (Fsp3) is 0.714. The van der Waals surface area contributed by atoms with Crippen molar-refractivity contribution in [3.05, 3.63) is 21.4 Å². The summed E-state index contributed by atoms with van der Waals surface area (Å²) in [5, 5.41) is 0. The van der Waals surface area contributed by atoms with Crippen LogP contribution in [0.2, 0.25) is 0 Å². The Hall–Kier alpha value is -1.40. The first-order chi connectivity index (χ1) is 13.0. The smallest absolute Gasteiger partial charge is 0.263 e. The van der Waals surface area contributed by atoms with E-state index in [1.54, 1.807) is 11.3 Å². The second-order valence-electron chi connectivity index (χ2n) is 8.45. The molecule has 1 aromatic rings. The van der Waals surface area contributed by atoms with Gasteiger partial charge in [0.25, 0.3) is 5.91 Å². The van der Waals surface area contributed by atoms with Crippen molar-refractivity contribution >= 4 is 23.2 Å². The first-order valence-electron chi connectivity index (χ1n) is 10.5. The lowest BCUT2D eigenvalue weighted by Gasteiger charge is -2.38. The Labute approximate surface area is 166 Å². The van der Waals surface area contributed by atoms with Crippen LogP contribution in [0.1, 0.15) is 53.2 Å². The summed E-state index contributed by atoms with van der Waals surface area (Å²) in [5.74, 6) is 0.606. The average Bonchev–Trinajstić information content (AvgIpc) is 3.36. The molecule has 0 saturated carbocycles. The number of amides is 2. The summed E-state index contributed by atoms with van der Waals surface area (Å²) in [6.07, 6.45) is 4.92. The number of aryl methyl sites for hydroxylation is 1. The van der Waals surface area contributed by atoms with Gasteiger partial charge in [-0.25, -0.2) is 0 Å². The zero-order valence-electron chi connectivity index (χ0n) is 16.6. The Morgan fingerprint density at radius 2 is 1.74 bits per heavy atom. The lowest BCUT2D eigenvalue weighted by Crippen LogP contribution is -2.52. The lowest BCUT2D eigenvalue weighted by atomic mass is 9.87. The molecule has 0 radical (unpaired) electrons. The van der Waals surface area contributed by atoms with Crippen LogP contribution in [-0.4, -0.2) is 71.8 Å². The first kappa shape index (κ1) is 18.9. The quantitative estimate of drug-likeness (QED) is 0.798. The number of hydrogen-bond donors (Lipinski definition) is 0. The Kier molecular flexibility index (Phi) is 5.55. The van der Waals surface area contributed by atoms with Crippen molar-refractivity contribution in [3.63, 3.8) is 0 Å². The molecular weight excluding hydrogens is 358 g/mol. The predicted octanol–water partition coefficient (Wildman–Crippen LogP) is 2.64. The third kappa shape index (κ3) is 3.92. The fourth-order valence-corrected chi connectivity index (χ4v) is 5.81. The summed E-state index contributed by atoms with van der Waals surface area (Å²) in [7, 11) is 0. The molecule has 1 aliphatic carbocycles. The number of likely N-dealkylation sites (tertiary alicyclic amines) is 1. The average molecular weight is 390 g/mol. The molecular formula is C21H31N3O2S. The van der Waals surface area contributed by atoms with E-state index in [-0.39, 0.29) is 11.8 Å². The van der Waals surface area contributed by atoms with Gasteiger partial charge in [-0.05, 0) is 57.6 Å². The van der Waals surface area contributed by atoms with Gasteiger partial charge in [-0.2, -0.15) is 0 Å². The number of carbonyl (C=O) groups is 2. The van der Waals surface area contributed by atoms with Gasteiger partial charge in [0.05, 0.1) is 4.88 Å². The van der Waals surface area contributed by atoms with Gasteiger partial charge in [-0.1, -0.05) is 0 Å². The maximum atomic E-state index is 13.0. The Morgan fingerprint density at radius 1 is 1.04 bits per heavy atom. The van der Waals surface area contributed by atoms with E-state index in [4.69, 9.17) is 0 Å². The minimum Gasteiger partial charge on any atom is -0.340 e. The highest BCUT2D eigenvalue weighted by atomic mass is 32.1. The van der Waals surface area contributed by atoms with Crippen LogP contribution in [0.25, 0.3) is 0 Å². The normalized spacial score (nSPS) is 23.7. The molecule has 2 fully saturated rings. The number of nitrogens with zero attached hydrogens (tertiary/aromatic N) is 3. The van der Waals surface area contributed by atoms with E-state index < -0.39 is 0 Å². The maximum Gasteiger partial charge on any atom is 0.263 e. The van der Waals surface area contributed by atoms with Gasteiger partial charge in [-0.3, -0.25) is 14.5 Å². The second-order valence-corrected chi connectivity index (χ2v) is 9.59. The number of fused-ring (bicyclic) bond motifs is 1. The molecule has 2 amide bonds. The van der Waals surface area contributed by atoms with Crippen LogP contribution in [0.15, 0.2) is 6.07 Å². The van der Waals surface area contributed by atoms with Gasteiger partial charge in [-0.15, -0.1) is 11.3 Å². The highest BCUT2D eigenvalue weighted by molar-refractivity contribution is 7.14. The van der Waals surface area contributed by atoms with E-state index in [2.05, 4.69) is 29.7 Å². The number of rotatable bonds is 3. The summed E-state index contributed by atoms with van der Waals surface area (Å²) in [6, 6.07) is 2.63. The summed E-state index contributed by atoms with van der Waals surface area (Å²) in [6.45, 7) is 9.89. The van der Waals surface area contributed by atoms with Gasteiger partial charge in [0.1, 0.15) is 0 Å². The molecule has 1 unspecified atom stereocenters. The van der Waals surface area contributed by atoms with E-state index in [1.807, 2.05) is 4.90 Å². The summed E-state index contributed by atoms with van der Waals surface area (Å²) >= 11 is 1.66. The van der Waals surface area contributed by atoms with E-state index in [9.17, 15) is 9.59 Å². The standard InChI is InChI=1S/C21H31N3O2S/c1-15(2)22-9-11-24(12-10-22)20(25)16-5-6-18-17(13-16)14-19(27-18)21(26)23-7-3-4-8-23/h14-16H,3-13H2,1-2H3. The maximum absolute atomic E-state index is 13.0.